The van der Waals surface area contributed by atoms with Crippen LogP contribution >= 0.6 is 24.8 Å². The van der Waals surface area contributed by atoms with Crippen LogP contribution in [0.25, 0.3) is 0 Å². The van der Waals surface area contributed by atoms with Crippen molar-refractivity contribution in [3.8, 4) is 0 Å². The van der Waals surface area contributed by atoms with Crippen LogP contribution in [0, 0.1) is 0 Å². The van der Waals surface area contributed by atoms with Gasteiger partial charge in [-0.2, -0.15) is 0 Å². The molecule has 0 spiro atoms. The third-order valence-electron chi connectivity index (χ3n) is 0.714. The highest BCUT2D eigenvalue weighted by molar-refractivity contribution is 5.85. The second kappa shape index (κ2) is 6.38. The molecule has 1 aromatic rings. The number of aromatic nitrogens is 2. The van der Waals surface area contributed by atoms with Crippen molar-refractivity contribution in [1.82, 2.24) is 9.97 Å². The summed E-state index contributed by atoms with van der Waals surface area (Å²) in [4.78, 5) is 6.47. The van der Waals surface area contributed by atoms with Crippen molar-refractivity contribution in [1.29, 1.82) is 0 Å². The first-order valence-electron chi connectivity index (χ1n) is 2.17. The Hall–Kier alpha value is -0.740. The number of rotatable bonds is 0. The van der Waals surface area contributed by atoms with Crippen LogP contribution in [-0.2, 0) is 0 Å². The van der Waals surface area contributed by atoms with Crippen molar-refractivity contribution >= 4 is 24.8 Å². The van der Waals surface area contributed by atoms with E-state index in [-0.39, 0.29) is 24.8 Å². The van der Waals surface area contributed by atoms with Gasteiger partial charge >= 0.3 is 0 Å². The number of nitrogens with zero attached hydrogens (tertiary/aromatic N) is 2. The highest BCUT2D eigenvalue weighted by Gasteiger charge is 1.70. The van der Waals surface area contributed by atoms with Crippen LogP contribution in [0.15, 0.2) is 23.6 Å². The molecule has 0 radical (unpaired) electrons. The van der Waals surface area contributed by atoms with Gasteiger partial charge in [0.1, 0.15) is 0 Å². The monoisotopic (exact) mass is 182 g/mol. The Balaban J connectivity index is 0. The first-order chi connectivity index (χ1) is 3.93. The maximum absolute atomic E-state index is 4.88. The molecule has 0 aliphatic rings. The summed E-state index contributed by atoms with van der Waals surface area (Å²) in [5, 5.41) is 3.30. The molecule has 0 bridgehead atoms. The SMILES string of the molecule is Cl.Cl.NN=c1nccc[nH]1. The van der Waals surface area contributed by atoms with Gasteiger partial charge in [-0.3, -0.25) is 0 Å². The van der Waals surface area contributed by atoms with E-state index in [4.69, 9.17) is 5.84 Å². The van der Waals surface area contributed by atoms with Crippen LogP contribution in [0.1, 0.15) is 0 Å². The summed E-state index contributed by atoms with van der Waals surface area (Å²) in [5.41, 5.74) is 0.438. The van der Waals surface area contributed by atoms with Crippen molar-refractivity contribution in [2.75, 3.05) is 0 Å². The third-order valence-corrected chi connectivity index (χ3v) is 0.714. The van der Waals surface area contributed by atoms with Crippen LogP contribution in [0.3, 0.4) is 0 Å². The molecule has 0 aromatic carbocycles. The lowest BCUT2D eigenvalue weighted by Crippen LogP contribution is -2.12. The smallest absolute Gasteiger partial charge is 0.243 e. The first-order valence-corrected chi connectivity index (χ1v) is 2.17. The molecule has 1 aromatic heterocycles. The Labute approximate surface area is 70.4 Å². The van der Waals surface area contributed by atoms with E-state index in [1.165, 1.54) is 0 Å². The predicted octanol–water partition coefficient (Wildman–Crippen LogP) is 0.0277. The molecule has 0 saturated heterocycles. The highest BCUT2D eigenvalue weighted by atomic mass is 35.5. The first kappa shape index (κ1) is 12.0. The van der Waals surface area contributed by atoms with Crippen LogP contribution in [0.5, 0.6) is 0 Å². The van der Waals surface area contributed by atoms with E-state index >= 15 is 0 Å². The second-order valence-corrected chi connectivity index (χ2v) is 1.23. The Kier molecular flexibility index (Phi) is 7.65. The Morgan fingerprint density at radius 1 is 1.50 bits per heavy atom. The molecule has 58 valence electrons. The summed E-state index contributed by atoms with van der Waals surface area (Å²) in [6.07, 6.45) is 3.32. The van der Waals surface area contributed by atoms with Gasteiger partial charge in [0.25, 0.3) is 0 Å². The van der Waals surface area contributed by atoms with Crippen molar-refractivity contribution in [2.45, 2.75) is 0 Å². The zero-order valence-electron chi connectivity index (χ0n) is 5.02. The highest BCUT2D eigenvalue weighted by Crippen LogP contribution is 1.61. The molecule has 1 rings (SSSR count). The van der Waals surface area contributed by atoms with Crippen LogP contribution in [0.4, 0.5) is 0 Å². The molecular weight excluding hydrogens is 175 g/mol. The molecule has 0 atom stereocenters. The van der Waals surface area contributed by atoms with E-state index in [1.807, 2.05) is 0 Å². The van der Waals surface area contributed by atoms with Gasteiger partial charge < -0.3 is 10.8 Å². The molecule has 0 saturated carbocycles. The second-order valence-electron chi connectivity index (χ2n) is 1.23. The van der Waals surface area contributed by atoms with Gasteiger partial charge in [0.05, 0.1) is 0 Å². The lowest BCUT2D eigenvalue weighted by molar-refractivity contribution is 0.949. The summed E-state index contributed by atoms with van der Waals surface area (Å²) in [6.45, 7) is 0. The van der Waals surface area contributed by atoms with E-state index in [0.29, 0.717) is 5.62 Å². The van der Waals surface area contributed by atoms with Gasteiger partial charge in [-0.15, -0.1) is 29.9 Å². The lowest BCUT2D eigenvalue weighted by atomic mass is 10.7. The zero-order valence-corrected chi connectivity index (χ0v) is 6.65. The van der Waals surface area contributed by atoms with E-state index < -0.39 is 0 Å². The maximum atomic E-state index is 4.88. The van der Waals surface area contributed by atoms with Gasteiger partial charge in [-0.1, -0.05) is 0 Å². The topological polar surface area (TPSA) is 67.1 Å². The Bertz CT molecular complexity index is 203. The van der Waals surface area contributed by atoms with Gasteiger partial charge in [-0.25, -0.2) is 4.98 Å². The molecule has 0 aliphatic carbocycles. The fourth-order valence-corrected chi connectivity index (χ4v) is 0.387. The van der Waals surface area contributed by atoms with Crippen LogP contribution in [0.2, 0.25) is 0 Å². The molecule has 3 N–H and O–H groups in total. The maximum Gasteiger partial charge on any atom is 0.243 e. The molecule has 10 heavy (non-hydrogen) atoms. The molecule has 0 unspecified atom stereocenters. The number of halogens is 2. The van der Waals surface area contributed by atoms with Crippen molar-refractivity contribution in [2.24, 2.45) is 10.9 Å². The minimum absolute atomic E-state index is 0. The fraction of sp³-hybridized carbons (Fsp3) is 0. The van der Waals surface area contributed by atoms with E-state index in [1.54, 1.807) is 18.5 Å². The van der Waals surface area contributed by atoms with Crippen molar-refractivity contribution in [3.05, 3.63) is 24.1 Å². The fourth-order valence-electron chi connectivity index (χ4n) is 0.387. The quantitative estimate of drug-likeness (QED) is 0.440. The minimum atomic E-state index is 0. The van der Waals surface area contributed by atoms with Gasteiger partial charge in [-0.05, 0) is 6.07 Å². The number of nitrogens with one attached hydrogen (secondary N) is 1. The summed E-state index contributed by atoms with van der Waals surface area (Å²) in [6, 6.07) is 1.76. The molecule has 1 heterocycles. The summed E-state index contributed by atoms with van der Waals surface area (Å²) >= 11 is 0. The Morgan fingerprint density at radius 3 is 2.50 bits per heavy atom. The van der Waals surface area contributed by atoms with E-state index in [2.05, 4.69) is 15.1 Å². The number of H-pyrrole nitrogens is 1. The molecule has 4 nitrogen and oxygen atoms in total. The minimum Gasteiger partial charge on any atom is -0.330 e. The zero-order chi connectivity index (χ0) is 5.82. The van der Waals surface area contributed by atoms with Gasteiger partial charge in [0.2, 0.25) is 5.62 Å². The van der Waals surface area contributed by atoms with E-state index in [9.17, 15) is 0 Å². The average Bonchev–Trinajstić information content (AvgIpc) is 1.90. The summed E-state index contributed by atoms with van der Waals surface area (Å²) in [5.74, 6) is 4.88. The van der Waals surface area contributed by atoms with E-state index in [0.717, 1.165) is 0 Å². The van der Waals surface area contributed by atoms with Crippen LogP contribution in [-0.4, -0.2) is 9.97 Å². The van der Waals surface area contributed by atoms with Crippen molar-refractivity contribution < 1.29 is 0 Å². The normalized spacial score (nSPS) is 9.40. The lowest BCUT2D eigenvalue weighted by Gasteiger charge is -1.79. The number of hydrogen-bond acceptors (Lipinski definition) is 3. The van der Waals surface area contributed by atoms with Crippen LogP contribution < -0.4 is 11.5 Å². The summed E-state index contributed by atoms with van der Waals surface area (Å²) in [7, 11) is 0. The average molecular weight is 183 g/mol. The number of hydrogen-bond donors (Lipinski definition) is 2. The predicted molar refractivity (Wildman–Crippen MR) is 42.8 cm³/mol. The summed E-state index contributed by atoms with van der Waals surface area (Å²) < 4.78 is 0. The number of nitrogens with two attached hydrogens (primary N) is 1. The molecular formula is C4H8Cl2N4. The third kappa shape index (κ3) is 3.32. The molecule has 6 heteroatoms. The van der Waals surface area contributed by atoms with Gasteiger partial charge in [0.15, 0.2) is 0 Å². The molecule has 0 fully saturated rings. The number of aromatic amines is 1. The molecule has 0 aliphatic heterocycles. The molecule has 0 amide bonds. The van der Waals surface area contributed by atoms with Crippen molar-refractivity contribution in [3.63, 3.8) is 0 Å². The standard InChI is InChI=1S/C4H6N4.2ClH/c5-8-4-6-2-1-3-7-4;;/h1-3H,5H2,(H,6,7,8);2*1H. The largest absolute Gasteiger partial charge is 0.330 e. The Morgan fingerprint density at radius 2 is 2.20 bits per heavy atom. The van der Waals surface area contributed by atoms with Gasteiger partial charge in [0, 0.05) is 12.4 Å².